The van der Waals surface area contributed by atoms with Crippen LogP contribution in [0.2, 0.25) is 0 Å². The lowest BCUT2D eigenvalue weighted by atomic mass is 10.1. The molecule has 0 spiro atoms. The molecule has 0 aliphatic heterocycles. The number of nitrogens with one attached hydrogen (secondary N) is 2. The smallest absolute Gasteiger partial charge is 0.251 e. The van der Waals surface area contributed by atoms with Crippen molar-refractivity contribution in [1.29, 1.82) is 0 Å². The predicted molar refractivity (Wildman–Crippen MR) is 106 cm³/mol. The summed E-state index contributed by atoms with van der Waals surface area (Å²) in [6, 6.07) is 14.2. The average molecular weight is 369 g/mol. The Morgan fingerprint density at radius 1 is 0.963 bits per heavy atom. The van der Waals surface area contributed by atoms with Crippen LogP contribution in [0.5, 0.6) is 5.75 Å². The molecule has 2 aromatic rings. The fourth-order valence-electron chi connectivity index (χ4n) is 2.63. The molecule has 0 aliphatic rings. The Kier molecular flexibility index (Phi) is 7.82. The van der Waals surface area contributed by atoms with Crippen molar-refractivity contribution in [3.05, 3.63) is 65.2 Å². The molecule has 0 aromatic heterocycles. The third-order valence-electron chi connectivity index (χ3n) is 4.09. The number of nitrogens with zero attached hydrogens (tertiary/aromatic N) is 1. The molecule has 27 heavy (non-hydrogen) atoms. The summed E-state index contributed by atoms with van der Waals surface area (Å²) >= 11 is 0. The fraction of sp³-hybridized carbons (Fsp3) is 0.333. The number of carbonyl (C=O) groups is 2. The molecule has 0 atom stereocenters. The Bertz CT molecular complexity index is 775. The van der Waals surface area contributed by atoms with E-state index >= 15 is 0 Å². The standard InChI is InChI=1S/C21H27N3O3/c1-24(2)13-7-12-22-20(25)16-9-6-10-17(14-16)21(26)23-15-18-8-4-5-11-19(18)27-3/h4-6,8-11,14H,7,12-13,15H2,1-3H3,(H,22,25)(H,23,26). The normalized spacial score (nSPS) is 10.5. The van der Waals surface area contributed by atoms with E-state index in [9.17, 15) is 9.59 Å². The molecule has 0 heterocycles. The number of hydrogen-bond donors (Lipinski definition) is 2. The summed E-state index contributed by atoms with van der Waals surface area (Å²) in [7, 11) is 5.59. The largest absolute Gasteiger partial charge is 0.496 e. The first-order valence-corrected chi connectivity index (χ1v) is 8.94. The summed E-state index contributed by atoms with van der Waals surface area (Å²) in [5.41, 5.74) is 1.82. The van der Waals surface area contributed by atoms with Crippen LogP contribution < -0.4 is 15.4 Å². The molecule has 0 bridgehead atoms. The van der Waals surface area contributed by atoms with Crippen LogP contribution in [0.15, 0.2) is 48.5 Å². The summed E-state index contributed by atoms with van der Waals surface area (Å²) in [4.78, 5) is 26.8. The highest BCUT2D eigenvalue weighted by Crippen LogP contribution is 2.17. The molecule has 0 aliphatic carbocycles. The van der Waals surface area contributed by atoms with Gasteiger partial charge in [-0.2, -0.15) is 0 Å². The van der Waals surface area contributed by atoms with Crippen molar-refractivity contribution >= 4 is 11.8 Å². The van der Waals surface area contributed by atoms with Crippen molar-refractivity contribution in [1.82, 2.24) is 15.5 Å². The second-order valence-electron chi connectivity index (χ2n) is 6.49. The van der Waals surface area contributed by atoms with Gasteiger partial charge < -0.3 is 20.3 Å². The maximum absolute atomic E-state index is 12.4. The quantitative estimate of drug-likeness (QED) is 0.666. The van der Waals surface area contributed by atoms with Crippen LogP contribution in [0, 0.1) is 0 Å². The van der Waals surface area contributed by atoms with Crippen molar-refractivity contribution in [2.24, 2.45) is 0 Å². The molecule has 144 valence electrons. The van der Waals surface area contributed by atoms with Crippen molar-refractivity contribution in [2.45, 2.75) is 13.0 Å². The van der Waals surface area contributed by atoms with Crippen LogP contribution in [-0.4, -0.2) is 51.0 Å². The number of methoxy groups -OCH3 is 1. The number of rotatable bonds is 9. The van der Waals surface area contributed by atoms with E-state index in [1.807, 2.05) is 38.4 Å². The average Bonchev–Trinajstić information content (AvgIpc) is 2.69. The van der Waals surface area contributed by atoms with Gasteiger partial charge in [0.15, 0.2) is 0 Å². The second kappa shape index (κ2) is 10.3. The Morgan fingerprint density at radius 3 is 2.30 bits per heavy atom. The first-order valence-electron chi connectivity index (χ1n) is 8.94. The molecule has 2 rings (SSSR count). The van der Waals surface area contributed by atoms with Crippen molar-refractivity contribution in [2.75, 3.05) is 34.3 Å². The molecule has 2 amide bonds. The lowest BCUT2D eigenvalue weighted by Crippen LogP contribution is -2.28. The monoisotopic (exact) mass is 369 g/mol. The van der Waals surface area contributed by atoms with Crippen LogP contribution in [0.1, 0.15) is 32.7 Å². The van der Waals surface area contributed by atoms with E-state index in [-0.39, 0.29) is 11.8 Å². The molecule has 2 N–H and O–H groups in total. The van der Waals surface area contributed by atoms with E-state index in [0.29, 0.717) is 24.2 Å². The highest BCUT2D eigenvalue weighted by atomic mass is 16.5. The number of para-hydroxylation sites is 1. The van der Waals surface area contributed by atoms with Crippen LogP contribution >= 0.6 is 0 Å². The highest BCUT2D eigenvalue weighted by molar-refractivity contribution is 5.99. The maximum Gasteiger partial charge on any atom is 0.251 e. The van der Waals surface area contributed by atoms with E-state index < -0.39 is 0 Å². The fourth-order valence-corrected chi connectivity index (χ4v) is 2.63. The van der Waals surface area contributed by atoms with Gasteiger partial charge in [-0.15, -0.1) is 0 Å². The zero-order valence-corrected chi connectivity index (χ0v) is 16.1. The van der Waals surface area contributed by atoms with Gasteiger partial charge in [-0.1, -0.05) is 24.3 Å². The molecule has 0 radical (unpaired) electrons. The molecule has 6 nitrogen and oxygen atoms in total. The van der Waals surface area contributed by atoms with Gasteiger partial charge in [0, 0.05) is 29.8 Å². The van der Waals surface area contributed by atoms with E-state index in [2.05, 4.69) is 15.5 Å². The minimum atomic E-state index is -0.233. The van der Waals surface area contributed by atoms with E-state index in [1.165, 1.54) is 0 Å². The summed E-state index contributed by atoms with van der Waals surface area (Å²) < 4.78 is 5.29. The lowest BCUT2D eigenvalue weighted by molar-refractivity contribution is 0.0950. The number of carbonyl (C=O) groups excluding carboxylic acids is 2. The molecule has 0 fully saturated rings. The zero-order chi connectivity index (χ0) is 19.6. The van der Waals surface area contributed by atoms with Crippen molar-refractivity contribution in [3.8, 4) is 5.75 Å². The zero-order valence-electron chi connectivity index (χ0n) is 16.1. The lowest BCUT2D eigenvalue weighted by Gasteiger charge is -2.11. The van der Waals surface area contributed by atoms with E-state index in [4.69, 9.17) is 4.74 Å². The van der Waals surface area contributed by atoms with Gasteiger partial charge >= 0.3 is 0 Å². The van der Waals surface area contributed by atoms with Gasteiger partial charge in [0.2, 0.25) is 0 Å². The van der Waals surface area contributed by atoms with Crippen LogP contribution in [0.4, 0.5) is 0 Å². The van der Waals surface area contributed by atoms with Gasteiger partial charge in [0.25, 0.3) is 11.8 Å². The Balaban J connectivity index is 1.93. The summed E-state index contributed by atoms with van der Waals surface area (Å²) in [5, 5.41) is 5.74. The first-order chi connectivity index (χ1) is 13.0. The summed E-state index contributed by atoms with van der Waals surface area (Å²) in [6.07, 6.45) is 0.873. The van der Waals surface area contributed by atoms with Gasteiger partial charge in [0.05, 0.1) is 7.11 Å². The SMILES string of the molecule is COc1ccccc1CNC(=O)c1cccc(C(=O)NCCCN(C)C)c1. The third kappa shape index (κ3) is 6.42. The number of ether oxygens (including phenoxy) is 1. The highest BCUT2D eigenvalue weighted by Gasteiger charge is 2.11. The van der Waals surface area contributed by atoms with Crippen molar-refractivity contribution in [3.63, 3.8) is 0 Å². The number of benzene rings is 2. The molecular formula is C21H27N3O3. The first kappa shape index (κ1) is 20.5. The molecule has 2 aromatic carbocycles. The minimum absolute atomic E-state index is 0.173. The van der Waals surface area contributed by atoms with Gasteiger partial charge in [-0.05, 0) is 51.3 Å². The maximum atomic E-state index is 12.4. The van der Waals surface area contributed by atoms with E-state index in [0.717, 1.165) is 24.3 Å². The molecule has 0 saturated carbocycles. The predicted octanol–water partition coefficient (Wildman–Crippen LogP) is 2.31. The summed E-state index contributed by atoms with van der Waals surface area (Å²) in [5.74, 6) is 0.319. The van der Waals surface area contributed by atoms with Gasteiger partial charge in [-0.25, -0.2) is 0 Å². The summed E-state index contributed by atoms with van der Waals surface area (Å²) in [6.45, 7) is 1.86. The molecule has 6 heteroatoms. The van der Waals surface area contributed by atoms with Gasteiger partial charge in [0.1, 0.15) is 5.75 Å². The molecule has 0 unspecified atom stereocenters. The molecule has 0 saturated heterocycles. The minimum Gasteiger partial charge on any atom is -0.496 e. The van der Waals surface area contributed by atoms with Crippen LogP contribution in [-0.2, 0) is 6.54 Å². The Labute approximate surface area is 160 Å². The van der Waals surface area contributed by atoms with Crippen LogP contribution in [0.25, 0.3) is 0 Å². The number of hydrogen-bond acceptors (Lipinski definition) is 4. The van der Waals surface area contributed by atoms with Crippen LogP contribution in [0.3, 0.4) is 0 Å². The van der Waals surface area contributed by atoms with E-state index in [1.54, 1.807) is 31.4 Å². The second-order valence-corrected chi connectivity index (χ2v) is 6.49. The third-order valence-corrected chi connectivity index (χ3v) is 4.09. The number of amides is 2. The van der Waals surface area contributed by atoms with Crippen molar-refractivity contribution < 1.29 is 14.3 Å². The Hall–Kier alpha value is -2.86. The molecular weight excluding hydrogens is 342 g/mol. The topological polar surface area (TPSA) is 70.7 Å². The Morgan fingerprint density at radius 2 is 1.63 bits per heavy atom. The van der Waals surface area contributed by atoms with Gasteiger partial charge in [-0.3, -0.25) is 9.59 Å².